The molecule has 7 nitrogen and oxygen atoms in total. The van der Waals surface area contributed by atoms with Crippen LogP contribution in [0.2, 0.25) is 5.02 Å². The SMILES string of the molecule is COc1cc(OC)cc(C(=O)Nc2cc(C(=O)N3CCN(C)CC3)ccc2Cl)c1. The first-order chi connectivity index (χ1) is 13.9. The van der Waals surface area contributed by atoms with Gasteiger partial charge in [0, 0.05) is 43.4 Å². The fourth-order valence-electron chi connectivity index (χ4n) is 3.08. The molecule has 2 aromatic rings. The molecular weight excluding hydrogens is 394 g/mol. The van der Waals surface area contributed by atoms with Crippen molar-refractivity contribution in [1.29, 1.82) is 0 Å². The Morgan fingerprint density at radius 3 is 2.14 bits per heavy atom. The number of halogens is 1. The van der Waals surface area contributed by atoms with Crippen LogP contribution in [-0.4, -0.2) is 69.1 Å². The number of benzene rings is 2. The van der Waals surface area contributed by atoms with E-state index in [0.29, 0.717) is 46.4 Å². The van der Waals surface area contributed by atoms with Crippen LogP contribution in [0.4, 0.5) is 5.69 Å². The van der Waals surface area contributed by atoms with E-state index in [1.54, 1.807) is 36.4 Å². The number of likely N-dealkylation sites (N-methyl/N-ethyl adjacent to an activating group) is 1. The van der Waals surface area contributed by atoms with Gasteiger partial charge in [-0.25, -0.2) is 0 Å². The maximum atomic E-state index is 12.8. The van der Waals surface area contributed by atoms with Gasteiger partial charge in [-0.1, -0.05) is 11.6 Å². The molecule has 2 aromatic carbocycles. The molecule has 0 spiro atoms. The molecule has 1 aliphatic rings. The lowest BCUT2D eigenvalue weighted by atomic mass is 10.1. The molecule has 0 atom stereocenters. The lowest BCUT2D eigenvalue weighted by molar-refractivity contribution is 0.0664. The van der Waals surface area contributed by atoms with Crippen LogP contribution in [0, 0.1) is 0 Å². The minimum Gasteiger partial charge on any atom is -0.497 e. The van der Waals surface area contributed by atoms with Gasteiger partial charge in [0.2, 0.25) is 0 Å². The van der Waals surface area contributed by atoms with Crippen LogP contribution in [0.1, 0.15) is 20.7 Å². The fraction of sp³-hybridized carbons (Fsp3) is 0.333. The van der Waals surface area contributed by atoms with Gasteiger partial charge in [-0.2, -0.15) is 0 Å². The number of ether oxygens (including phenoxy) is 2. The van der Waals surface area contributed by atoms with Crippen LogP contribution in [0.5, 0.6) is 11.5 Å². The summed E-state index contributed by atoms with van der Waals surface area (Å²) >= 11 is 6.26. The number of anilines is 1. The summed E-state index contributed by atoms with van der Waals surface area (Å²) in [6.45, 7) is 3.01. The second kappa shape index (κ2) is 9.15. The molecule has 1 saturated heterocycles. The van der Waals surface area contributed by atoms with Crippen molar-refractivity contribution in [2.24, 2.45) is 0 Å². The maximum absolute atomic E-state index is 12.8. The molecule has 1 aliphatic heterocycles. The molecule has 154 valence electrons. The van der Waals surface area contributed by atoms with Gasteiger partial charge in [-0.05, 0) is 37.4 Å². The minimum absolute atomic E-state index is 0.0756. The van der Waals surface area contributed by atoms with Crippen molar-refractivity contribution in [2.75, 3.05) is 52.8 Å². The first-order valence-electron chi connectivity index (χ1n) is 9.23. The van der Waals surface area contributed by atoms with Crippen LogP contribution < -0.4 is 14.8 Å². The topological polar surface area (TPSA) is 71.1 Å². The number of carbonyl (C=O) groups excluding carboxylic acids is 2. The highest BCUT2D eigenvalue weighted by Crippen LogP contribution is 2.27. The summed E-state index contributed by atoms with van der Waals surface area (Å²) in [6.07, 6.45) is 0. The zero-order valence-electron chi connectivity index (χ0n) is 16.7. The first-order valence-corrected chi connectivity index (χ1v) is 9.61. The van der Waals surface area contributed by atoms with Gasteiger partial charge in [-0.3, -0.25) is 9.59 Å². The second-order valence-electron chi connectivity index (χ2n) is 6.85. The number of hydrogen-bond donors (Lipinski definition) is 1. The Morgan fingerprint density at radius 1 is 0.931 bits per heavy atom. The van der Waals surface area contributed by atoms with Crippen molar-refractivity contribution >= 4 is 29.1 Å². The largest absolute Gasteiger partial charge is 0.497 e. The van der Waals surface area contributed by atoms with E-state index in [4.69, 9.17) is 21.1 Å². The van der Waals surface area contributed by atoms with E-state index >= 15 is 0 Å². The highest BCUT2D eigenvalue weighted by molar-refractivity contribution is 6.34. The van der Waals surface area contributed by atoms with Gasteiger partial charge >= 0.3 is 0 Å². The molecule has 0 aliphatic carbocycles. The average Bonchev–Trinajstić information content (AvgIpc) is 2.74. The Hall–Kier alpha value is -2.77. The number of piperazine rings is 1. The van der Waals surface area contributed by atoms with Crippen molar-refractivity contribution in [3.8, 4) is 11.5 Å². The summed E-state index contributed by atoms with van der Waals surface area (Å²) < 4.78 is 10.4. The number of rotatable bonds is 5. The average molecular weight is 418 g/mol. The molecule has 8 heteroatoms. The third-order valence-electron chi connectivity index (χ3n) is 4.87. The lowest BCUT2D eigenvalue weighted by Crippen LogP contribution is -2.47. The minimum atomic E-state index is -0.381. The standard InChI is InChI=1S/C21H24ClN3O4/c1-24-6-8-25(9-7-24)21(27)14-4-5-18(22)19(12-14)23-20(26)15-10-16(28-2)13-17(11-15)29-3/h4-5,10-13H,6-9H2,1-3H3,(H,23,26). The highest BCUT2D eigenvalue weighted by atomic mass is 35.5. The Kier molecular flexibility index (Phi) is 6.61. The van der Waals surface area contributed by atoms with Gasteiger partial charge in [0.05, 0.1) is 24.9 Å². The van der Waals surface area contributed by atoms with Crippen molar-refractivity contribution in [3.63, 3.8) is 0 Å². The number of amides is 2. The van der Waals surface area contributed by atoms with Crippen LogP contribution >= 0.6 is 11.6 Å². The zero-order valence-corrected chi connectivity index (χ0v) is 17.5. The summed E-state index contributed by atoms with van der Waals surface area (Å²) in [5.41, 5.74) is 1.21. The zero-order chi connectivity index (χ0) is 21.0. The van der Waals surface area contributed by atoms with E-state index in [2.05, 4.69) is 10.2 Å². The molecule has 0 unspecified atom stereocenters. The normalized spacial score (nSPS) is 14.4. The number of nitrogens with zero attached hydrogens (tertiary/aromatic N) is 2. The van der Waals surface area contributed by atoms with Crippen molar-refractivity contribution in [3.05, 3.63) is 52.5 Å². The molecule has 29 heavy (non-hydrogen) atoms. The van der Waals surface area contributed by atoms with Gasteiger partial charge in [0.15, 0.2) is 0 Å². The Labute approximate surface area is 175 Å². The Balaban J connectivity index is 1.80. The van der Waals surface area contributed by atoms with Gasteiger partial charge < -0.3 is 24.6 Å². The van der Waals surface area contributed by atoms with E-state index in [9.17, 15) is 9.59 Å². The van der Waals surface area contributed by atoms with E-state index in [0.717, 1.165) is 13.1 Å². The third-order valence-corrected chi connectivity index (χ3v) is 5.20. The van der Waals surface area contributed by atoms with Crippen LogP contribution in [0.25, 0.3) is 0 Å². The molecule has 0 aromatic heterocycles. The molecule has 1 fully saturated rings. The van der Waals surface area contributed by atoms with Crippen molar-refractivity contribution in [2.45, 2.75) is 0 Å². The van der Waals surface area contributed by atoms with E-state index in [1.165, 1.54) is 14.2 Å². The molecule has 1 N–H and O–H groups in total. The quantitative estimate of drug-likeness (QED) is 0.809. The smallest absolute Gasteiger partial charge is 0.255 e. The van der Waals surface area contributed by atoms with Gasteiger partial charge in [-0.15, -0.1) is 0 Å². The fourth-order valence-corrected chi connectivity index (χ4v) is 3.24. The molecule has 0 saturated carbocycles. The second-order valence-corrected chi connectivity index (χ2v) is 7.25. The number of methoxy groups -OCH3 is 2. The molecule has 0 bridgehead atoms. The van der Waals surface area contributed by atoms with Gasteiger partial charge in [0.1, 0.15) is 11.5 Å². The molecule has 2 amide bonds. The summed E-state index contributed by atoms with van der Waals surface area (Å²) in [4.78, 5) is 29.5. The lowest BCUT2D eigenvalue weighted by Gasteiger charge is -2.32. The third kappa shape index (κ3) is 4.99. The van der Waals surface area contributed by atoms with Crippen LogP contribution in [0.3, 0.4) is 0 Å². The Morgan fingerprint density at radius 2 is 1.55 bits per heavy atom. The molecule has 1 heterocycles. The summed E-state index contributed by atoms with van der Waals surface area (Å²) in [6, 6.07) is 9.78. The van der Waals surface area contributed by atoms with E-state index in [1.807, 2.05) is 11.9 Å². The predicted molar refractivity (Wildman–Crippen MR) is 112 cm³/mol. The maximum Gasteiger partial charge on any atom is 0.255 e. The van der Waals surface area contributed by atoms with Crippen molar-refractivity contribution in [1.82, 2.24) is 9.80 Å². The van der Waals surface area contributed by atoms with Crippen molar-refractivity contribution < 1.29 is 19.1 Å². The summed E-state index contributed by atoms with van der Waals surface area (Å²) in [5.74, 6) is 0.542. The molecule has 3 rings (SSSR count). The summed E-state index contributed by atoms with van der Waals surface area (Å²) in [5, 5.41) is 3.12. The monoisotopic (exact) mass is 417 g/mol. The predicted octanol–water partition coefficient (Wildman–Crippen LogP) is 3.00. The number of nitrogens with one attached hydrogen (secondary N) is 1. The van der Waals surface area contributed by atoms with Crippen LogP contribution in [0.15, 0.2) is 36.4 Å². The molecule has 0 radical (unpaired) electrons. The number of carbonyl (C=O) groups is 2. The van der Waals surface area contributed by atoms with Gasteiger partial charge in [0.25, 0.3) is 11.8 Å². The Bertz CT molecular complexity index is 889. The highest BCUT2D eigenvalue weighted by Gasteiger charge is 2.21. The number of hydrogen-bond acceptors (Lipinski definition) is 5. The first kappa shape index (κ1) is 21.0. The van der Waals surface area contributed by atoms with E-state index < -0.39 is 0 Å². The van der Waals surface area contributed by atoms with E-state index in [-0.39, 0.29) is 11.8 Å². The molecular formula is C21H24ClN3O4. The summed E-state index contributed by atoms with van der Waals surface area (Å²) in [7, 11) is 5.06. The van der Waals surface area contributed by atoms with Crippen LogP contribution in [-0.2, 0) is 0 Å².